The Bertz CT molecular complexity index is 824. The first-order valence-electron chi connectivity index (χ1n) is 7.82. The van der Waals surface area contributed by atoms with Crippen molar-refractivity contribution in [3.63, 3.8) is 0 Å². The molecule has 1 aromatic heterocycles. The lowest BCUT2D eigenvalue weighted by molar-refractivity contribution is 0.0828. The highest BCUT2D eigenvalue weighted by molar-refractivity contribution is 7.09. The van der Waals surface area contributed by atoms with Crippen LogP contribution in [0.5, 0.6) is 0 Å². The van der Waals surface area contributed by atoms with Crippen LogP contribution in [0.4, 0.5) is 4.39 Å². The molecule has 2 N–H and O–H groups in total. The number of carbonyl (C=O) groups excluding carboxylic acids is 1. The molecule has 0 aliphatic heterocycles. The van der Waals surface area contributed by atoms with Gasteiger partial charge in [0.05, 0.1) is 11.6 Å². The minimum absolute atomic E-state index is 0.0492. The Labute approximate surface area is 149 Å². The summed E-state index contributed by atoms with van der Waals surface area (Å²) in [6.07, 6.45) is 1.03. The smallest absolute Gasteiger partial charge is 0.254 e. The standard InChI is InChI=1S/C19H17FN2O2S/c20-15-9-5-4-8-14(15)18(24)22-16(12-13-6-2-1-3-7-13)17(23)19-21-10-11-25-19/h1-11,16-17,23H,12H2,(H,22,24)/t16-,17+/m0/s1. The molecular formula is C19H17FN2O2S. The molecular weight excluding hydrogens is 339 g/mol. The number of aromatic nitrogens is 1. The highest BCUT2D eigenvalue weighted by Crippen LogP contribution is 2.22. The molecule has 0 bridgehead atoms. The van der Waals surface area contributed by atoms with E-state index in [-0.39, 0.29) is 5.56 Å². The van der Waals surface area contributed by atoms with Gasteiger partial charge in [-0.1, -0.05) is 42.5 Å². The molecule has 6 heteroatoms. The van der Waals surface area contributed by atoms with Crippen LogP contribution in [0.2, 0.25) is 0 Å². The second-order valence-corrected chi connectivity index (χ2v) is 6.49. The molecule has 0 radical (unpaired) electrons. The highest BCUT2D eigenvalue weighted by Gasteiger charge is 2.26. The van der Waals surface area contributed by atoms with Gasteiger partial charge in [-0.25, -0.2) is 9.37 Å². The van der Waals surface area contributed by atoms with Gasteiger partial charge in [-0.15, -0.1) is 11.3 Å². The van der Waals surface area contributed by atoms with E-state index < -0.39 is 23.9 Å². The topological polar surface area (TPSA) is 62.2 Å². The van der Waals surface area contributed by atoms with E-state index >= 15 is 0 Å². The van der Waals surface area contributed by atoms with E-state index in [2.05, 4.69) is 10.3 Å². The summed E-state index contributed by atoms with van der Waals surface area (Å²) in [6, 6.07) is 14.7. The van der Waals surface area contributed by atoms with Crippen molar-refractivity contribution in [2.45, 2.75) is 18.6 Å². The van der Waals surface area contributed by atoms with Crippen molar-refractivity contribution in [2.75, 3.05) is 0 Å². The number of rotatable bonds is 6. The summed E-state index contributed by atoms with van der Waals surface area (Å²) in [6.45, 7) is 0. The minimum atomic E-state index is -0.976. The fraction of sp³-hybridized carbons (Fsp3) is 0.158. The predicted octanol–water partition coefficient (Wildman–Crippen LogP) is 3.36. The summed E-state index contributed by atoms with van der Waals surface area (Å²) < 4.78 is 13.9. The maximum Gasteiger partial charge on any atom is 0.254 e. The van der Waals surface area contributed by atoms with Crippen LogP contribution >= 0.6 is 11.3 Å². The highest BCUT2D eigenvalue weighted by atomic mass is 32.1. The number of nitrogens with one attached hydrogen (secondary N) is 1. The number of hydrogen-bond donors (Lipinski definition) is 2. The van der Waals surface area contributed by atoms with Gasteiger partial charge in [-0.2, -0.15) is 0 Å². The third-order valence-electron chi connectivity index (χ3n) is 3.82. The van der Waals surface area contributed by atoms with Crippen LogP contribution in [0.1, 0.15) is 27.0 Å². The van der Waals surface area contributed by atoms with E-state index in [9.17, 15) is 14.3 Å². The van der Waals surface area contributed by atoms with Crippen molar-refractivity contribution in [3.05, 3.63) is 88.1 Å². The number of benzene rings is 2. The third-order valence-corrected chi connectivity index (χ3v) is 4.67. The number of aliphatic hydroxyl groups is 1. The van der Waals surface area contributed by atoms with E-state index in [4.69, 9.17) is 0 Å². The van der Waals surface area contributed by atoms with Crippen LogP contribution in [0, 0.1) is 5.82 Å². The summed E-state index contributed by atoms with van der Waals surface area (Å²) in [7, 11) is 0. The van der Waals surface area contributed by atoms with Gasteiger partial charge in [-0.05, 0) is 24.1 Å². The van der Waals surface area contributed by atoms with E-state index in [1.807, 2.05) is 30.3 Å². The van der Waals surface area contributed by atoms with Crippen LogP contribution in [-0.4, -0.2) is 22.0 Å². The number of amides is 1. The maximum atomic E-state index is 13.9. The molecule has 0 unspecified atom stereocenters. The molecule has 2 aromatic carbocycles. The molecule has 0 saturated heterocycles. The monoisotopic (exact) mass is 356 g/mol. The van der Waals surface area contributed by atoms with Crippen LogP contribution < -0.4 is 5.32 Å². The SMILES string of the molecule is O=C(N[C@@H](Cc1ccccc1)[C@@H](O)c1nccs1)c1ccccc1F. The lowest BCUT2D eigenvalue weighted by Crippen LogP contribution is -2.41. The molecule has 1 heterocycles. The Morgan fingerprint density at radius 3 is 2.56 bits per heavy atom. The Balaban J connectivity index is 1.83. The van der Waals surface area contributed by atoms with E-state index in [0.29, 0.717) is 11.4 Å². The van der Waals surface area contributed by atoms with Gasteiger partial charge in [0.15, 0.2) is 0 Å². The maximum absolute atomic E-state index is 13.9. The van der Waals surface area contributed by atoms with Crippen molar-refractivity contribution in [2.24, 2.45) is 0 Å². The summed E-state index contributed by atoms with van der Waals surface area (Å²) in [5.41, 5.74) is 0.906. The first kappa shape index (κ1) is 17.3. The van der Waals surface area contributed by atoms with Crippen molar-refractivity contribution in [1.82, 2.24) is 10.3 Å². The average molecular weight is 356 g/mol. The molecule has 25 heavy (non-hydrogen) atoms. The van der Waals surface area contributed by atoms with Gasteiger partial charge in [0.1, 0.15) is 16.9 Å². The molecule has 1 amide bonds. The molecule has 0 spiro atoms. The molecule has 0 fully saturated rings. The molecule has 128 valence electrons. The Hall–Kier alpha value is -2.57. The predicted molar refractivity (Wildman–Crippen MR) is 94.9 cm³/mol. The van der Waals surface area contributed by atoms with Crippen LogP contribution in [-0.2, 0) is 6.42 Å². The molecule has 0 aliphatic carbocycles. The Morgan fingerprint density at radius 1 is 1.16 bits per heavy atom. The number of carbonyl (C=O) groups is 1. The van der Waals surface area contributed by atoms with Crippen molar-refractivity contribution >= 4 is 17.2 Å². The Kier molecular flexibility index (Phi) is 5.53. The van der Waals surface area contributed by atoms with Gasteiger partial charge in [0.2, 0.25) is 0 Å². The summed E-state index contributed by atoms with van der Waals surface area (Å²) in [5.74, 6) is -1.16. The zero-order chi connectivity index (χ0) is 17.6. The van der Waals surface area contributed by atoms with Crippen LogP contribution in [0.15, 0.2) is 66.2 Å². The number of halogens is 1. The van der Waals surface area contributed by atoms with Gasteiger partial charge in [0.25, 0.3) is 5.91 Å². The van der Waals surface area contributed by atoms with E-state index in [1.165, 1.54) is 29.5 Å². The molecule has 0 saturated carbocycles. The fourth-order valence-electron chi connectivity index (χ4n) is 2.55. The van der Waals surface area contributed by atoms with Crippen molar-refractivity contribution < 1.29 is 14.3 Å². The zero-order valence-corrected chi connectivity index (χ0v) is 14.1. The van der Waals surface area contributed by atoms with Gasteiger partial charge >= 0.3 is 0 Å². The number of nitrogens with zero attached hydrogens (tertiary/aromatic N) is 1. The second-order valence-electron chi connectivity index (χ2n) is 5.56. The molecule has 3 aromatic rings. The lowest BCUT2D eigenvalue weighted by atomic mass is 10.0. The molecule has 3 rings (SSSR count). The fourth-order valence-corrected chi connectivity index (χ4v) is 3.24. The normalized spacial score (nSPS) is 13.2. The van der Waals surface area contributed by atoms with Crippen LogP contribution in [0.3, 0.4) is 0 Å². The van der Waals surface area contributed by atoms with Gasteiger partial charge in [0, 0.05) is 11.6 Å². The molecule has 4 nitrogen and oxygen atoms in total. The van der Waals surface area contributed by atoms with Crippen molar-refractivity contribution in [1.29, 1.82) is 0 Å². The summed E-state index contributed by atoms with van der Waals surface area (Å²) in [4.78, 5) is 16.6. The number of thiazole rings is 1. The van der Waals surface area contributed by atoms with Crippen molar-refractivity contribution in [3.8, 4) is 0 Å². The second kappa shape index (κ2) is 8.00. The van der Waals surface area contributed by atoms with E-state index in [0.717, 1.165) is 5.56 Å². The summed E-state index contributed by atoms with van der Waals surface area (Å²) >= 11 is 1.31. The first-order chi connectivity index (χ1) is 12.1. The lowest BCUT2D eigenvalue weighted by Gasteiger charge is -2.23. The largest absolute Gasteiger partial charge is 0.384 e. The van der Waals surface area contributed by atoms with Gasteiger partial charge in [-0.3, -0.25) is 4.79 Å². The third kappa shape index (κ3) is 4.29. The Morgan fingerprint density at radius 2 is 1.88 bits per heavy atom. The van der Waals surface area contributed by atoms with E-state index in [1.54, 1.807) is 17.6 Å². The van der Waals surface area contributed by atoms with Gasteiger partial charge < -0.3 is 10.4 Å². The number of aliphatic hydroxyl groups excluding tert-OH is 1. The summed E-state index contributed by atoms with van der Waals surface area (Å²) in [5, 5.41) is 15.7. The van der Waals surface area contributed by atoms with Crippen LogP contribution in [0.25, 0.3) is 0 Å². The first-order valence-corrected chi connectivity index (χ1v) is 8.70. The molecule has 2 atom stereocenters. The minimum Gasteiger partial charge on any atom is -0.384 e. The quantitative estimate of drug-likeness (QED) is 0.712. The average Bonchev–Trinajstić information content (AvgIpc) is 3.16. The zero-order valence-electron chi connectivity index (χ0n) is 13.3. The number of hydrogen-bond acceptors (Lipinski definition) is 4. The molecule has 0 aliphatic rings.